The molecular formula is C17H29N3O4. The average molecular weight is 339 g/mol. The van der Waals surface area contributed by atoms with E-state index in [2.05, 4.69) is 5.32 Å². The van der Waals surface area contributed by atoms with Gasteiger partial charge in [0.15, 0.2) is 0 Å². The molecule has 7 nitrogen and oxygen atoms in total. The molecule has 136 valence electrons. The van der Waals surface area contributed by atoms with Crippen LogP contribution in [0.25, 0.3) is 0 Å². The van der Waals surface area contributed by atoms with E-state index in [9.17, 15) is 14.4 Å². The Morgan fingerprint density at radius 2 is 1.62 bits per heavy atom. The van der Waals surface area contributed by atoms with Crippen molar-refractivity contribution in [3.63, 3.8) is 0 Å². The van der Waals surface area contributed by atoms with Gasteiger partial charge in [0.2, 0.25) is 11.8 Å². The third-order valence-corrected chi connectivity index (χ3v) is 3.65. The molecular weight excluding hydrogens is 310 g/mol. The molecule has 3 amide bonds. The number of amides is 3. The van der Waals surface area contributed by atoms with Gasteiger partial charge in [-0.1, -0.05) is 12.5 Å². The van der Waals surface area contributed by atoms with E-state index < -0.39 is 11.7 Å². The number of carbonyl (C=O) groups is 3. The van der Waals surface area contributed by atoms with Gasteiger partial charge in [0.25, 0.3) is 0 Å². The first kappa shape index (κ1) is 20.0. The van der Waals surface area contributed by atoms with Crippen molar-refractivity contribution in [2.75, 3.05) is 32.7 Å². The minimum absolute atomic E-state index is 0.00618. The summed E-state index contributed by atoms with van der Waals surface area (Å²) in [6.07, 6.45) is 1.90. The van der Waals surface area contributed by atoms with E-state index in [1.807, 2.05) is 13.8 Å². The Kier molecular flexibility index (Phi) is 7.25. The Labute approximate surface area is 144 Å². The minimum Gasteiger partial charge on any atom is -0.444 e. The maximum atomic E-state index is 12.1. The minimum atomic E-state index is -0.607. The molecule has 1 rings (SSSR count). The van der Waals surface area contributed by atoms with E-state index in [0.29, 0.717) is 26.2 Å². The summed E-state index contributed by atoms with van der Waals surface area (Å²) < 4.78 is 5.09. The van der Waals surface area contributed by atoms with Crippen LogP contribution in [0.1, 0.15) is 41.0 Å². The number of alkyl carbamates (subject to hydrolysis) is 1. The Balaban J connectivity index is 2.38. The molecule has 1 N–H and O–H groups in total. The molecule has 0 aromatic carbocycles. The van der Waals surface area contributed by atoms with Crippen molar-refractivity contribution in [1.29, 1.82) is 0 Å². The van der Waals surface area contributed by atoms with Crippen LogP contribution in [0.2, 0.25) is 0 Å². The monoisotopic (exact) mass is 339 g/mol. The summed E-state index contributed by atoms with van der Waals surface area (Å²) in [6, 6.07) is 0. The van der Waals surface area contributed by atoms with Crippen LogP contribution in [0.3, 0.4) is 0 Å². The number of piperazine rings is 1. The largest absolute Gasteiger partial charge is 0.444 e. The van der Waals surface area contributed by atoms with Crippen molar-refractivity contribution in [3.8, 4) is 0 Å². The zero-order valence-corrected chi connectivity index (χ0v) is 15.3. The fourth-order valence-electron chi connectivity index (χ4n) is 2.15. The third kappa shape index (κ3) is 7.02. The van der Waals surface area contributed by atoms with Crippen LogP contribution >= 0.6 is 0 Å². The van der Waals surface area contributed by atoms with Crippen LogP contribution in [0, 0.1) is 0 Å². The summed E-state index contributed by atoms with van der Waals surface area (Å²) in [5.74, 6) is -0.179. The van der Waals surface area contributed by atoms with Crippen LogP contribution in [0.4, 0.5) is 4.79 Å². The molecule has 24 heavy (non-hydrogen) atoms. The van der Waals surface area contributed by atoms with Crippen LogP contribution in [-0.2, 0) is 14.3 Å². The predicted molar refractivity (Wildman–Crippen MR) is 91.4 cm³/mol. The van der Waals surface area contributed by atoms with Crippen LogP contribution < -0.4 is 5.32 Å². The summed E-state index contributed by atoms with van der Waals surface area (Å²) in [7, 11) is 0. The first-order chi connectivity index (χ1) is 11.1. The van der Waals surface area contributed by atoms with Gasteiger partial charge in [-0.15, -0.1) is 0 Å². The second kappa shape index (κ2) is 8.70. The van der Waals surface area contributed by atoms with Gasteiger partial charge in [0, 0.05) is 32.3 Å². The highest BCUT2D eigenvalue weighted by atomic mass is 16.6. The number of carbonyl (C=O) groups excluding carboxylic acids is 3. The van der Waals surface area contributed by atoms with Crippen molar-refractivity contribution in [2.45, 2.75) is 46.6 Å². The van der Waals surface area contributed by atoms with Gasteiger partial charge in [-0.25, -0.2) is 4.79 Å². The molecule has 7 heteroatoms. The lowest BCUT2D eigenvalue weighted by molar-refractivity contribution is -0.136. The molecule has 1 aliphatic rings. The number of nitrogens with one attached hydrogen (secondary N) is 1. The first-order valence-electron chi connectivity index (χ1n) is 8.33. The Morgan fingerprint density at radius 3 is 2.12 bits per heavy atom. The van der Waals surface area contributed by atoms with Crippen LogP contribution in [0.15, 0.2) is 11.6 Å². The van der Waals surface area contributed by atoms with Crippen LogP contribution in [-0.4, -0.2) is 66.0 Å². The lowest BCUT2D eigenvalue weighted by Gasteiger charge is -2.34. The van der Waals surface area contributed by atoms with Gasteiger partial charge in [-0.2, -0.15) is 0 Å². The van der Waals surface area contributed by atoms with Gasteiger partial charge >= 0.3 is 6.09 Å². The molecule has 0 spiro atoms. The quantitative estimate of drug-likeness (QED) is 0.788. The van der Waals surface area contributed by atoms with Crippen molar-refractivity contribution in [1.82, 2.24) is 15.1 Å². The SMILES string of the molecule is CC/C(C)=C/C(=O)N1CCN(C(=O)CNC(=O)OC(C)(C)C)CC1. The van der Waals surface area contributed by atoms with E-state index >= 15 is 0 Å². The van der Waals surface area contributed by atoms with Crippen molar-refractivity contribution >= 4 is 17.9 Å². The second-order valence-electron chi connectivity index (χ2n) is 6.91. The molecule has 1 saturated heterocycles. The standard InChI is InChI=1S/C17H29N3O4/c1-6-13(2)11-14(21)19-7-9-20(10-8-19)15(22)12-18-16(23)24-17(3,4)5/h11H,6-10,12H2,1-5H3,(H,18,23)/b13-11+. The summed E-state index contributed by atoms with van der Waals surface area (Å²) in [4.78, 5) is 39.1. The highest BCUT2D eigenvalue weighted by Gasteiger charge is 2.24. The van der Waals surface area contributed by atoms with Gasteiger partial charge in [0.05, 0.1) is 0 Å². The fraction of sp³-hybridized carbons (Fsp3) is 0.706. The summed E-state index contributed by atoms with van der Waals surface area (Å²) in [6.45, 7) is 11.1. The third-order valence-electron chi connectivity index (χ3n) is 3.65. The normalized spacial score (nSPS) is 16.0. The molecule has 0 radical (unpaired) electrons. The molecule has 0 aliphatic carbocycles. The summed E-state index contributed by atoms with van der Waals surface area (Å²) in [5.41, 5.74) is 0.448. The molecule has 0 saturated carbocycles. The Morgan fingerprint density at radius 1 is 1.08 bits per heavy atom. The van der Waals surface area contributed by atoms with Crippen LogP contribution in [0.5, 0.6) is 0 Å². The number of hydrogen-bond donors (Lipinski definition) is 1. The van der Waals surface area contributed by atoms with Gasteiger partial charge in [-0.05, 0) is 34.1 Å². The number of nitrogens with zero attached hydrogens (tertiary/aromatic N) is 2. The van der Waals surface area contributed by atoms with E-state index in [1.54, 1.807) is 36.6 Å². The van der Waals surface area contributed by atoms with Crippen molar-refractivity contribution in [2.24, 2.45) is 0 Å². The van der Waals surface area contributed by atoms with Gasteiger partial charge in [-0.3, -0.25) is 9.59 Å². The van der Waals surface area contributed by atoms with Crippen molar-refractivity contribution < 1.29 is 19.1 Å². The predicted octanol–water partition coefficient (Wildman–Crippen LogP) is 1.54. The highest BCUT2D eigenvalue weighted by Crippen LogP contribution is 2.07. The number of rotatable bonds is 4. The molecule has 1 fully saturated rings. The molecule has 0 aromatic heterocycles. The molecule has 1 heterocycles. The molecule has 1 aliphatic heterocycles. The number of ether oxygens (including phenoxy) is 1. The molecule has 0 bridgehead atoms. The first-order valence-corrected chi connectivity index (χ1v) is 8.33. The number of allylic oxidation sites excluding steroid dienone is 1. The van der Waals surface area contributed by atoms with Gasteiger partial charge in [0.1, 0.15) is 12.1 Å². The Hall–Kier alpha value is -2.05. The van der Waals surface area contributed by atoms with E-state index in [0.717, 1.165) is 12.0 Å². The van der Waals surface area contributed by atoms with E-state index in [1.165, 1.54) is 0 Å². The molecule has 0 aromatic rings. The molecule has 0 atom stereocenters. The molecule has 0 unspecified atom stereocenters. The summed E-state index contributed by atoms with van der Waals surface area (Å²) in [5, 5.41) is 2.46. The maximum absolute atomic E-state index is 12.1. The smallest absolute Gasteiger partial charge is 0.408 e. The lowest BCUT2D eigenvalue weighted by atomic mass is 10.2. The zero-order chi connectivity index (χ0) is 18.3. The lowest BCUT2D eigenvalue weighted by Crippen LogP contribution is -2.52. The zero-order valence-electron chi connectivity index (χ0n) is 15.3. The van der Waals surface area contributed by atoms with E-state index in [-0.39, 0.29) is 18.4 Å². The average Bonchev–Trinajstić information content (AvgIpc) is 2.50. The Bertz CT molecular complexity index is 500. The van der Waals surface area contributed by atoms with E-state index in [4.69, 9.17) is 4.74 Å². The fourth-order valence-corrected chi connectivity index (χ4v) is 2.15. The maximum Gasteiger partial charge on any atom is 0.408 e. The van der Waals surface area contributed by atoms with Crippen molar-refractivity contribution in [3.05, 3.63) is 11.6 Å². The number of hydrogen-bond acceptors (Lipinski definition) is 4. The second-order valence-corrected chi connectivity index (χ2v) is 6.91. The highest BCUT2D eigenvalue weighted by molar-refractivity contribution is 5.88. The summed E-state index contributed by atoms with van der Waals surface area (Å²) >= 11 is 0. The topological polar surface area (TPSA) is 79.0 Å². The van der Waals surface area contributed by atoms with Gasteiger partial charge < -0.3 is 19.9 Å².